The molecule has 0 heterocycles. The average molecular weight is 389 g/mol. The first-order chi connectivity index (χ1) is 9.08. The first-order valence-electron chi connectivity index (χ1n) is 6.76. The maximum absolute atomic E-state index is 12.2. The van der Waals surface area contributed by atoms with Crippen molar-refractivity contribution in [2.45, 2.75) is 37.4 Å². The van der Waals surface area contributed by atoms with Crippen LogP contribution < -0.4 is 5.32 Å². The van der Waals surface area contributed by atoms with Crippen molar-refractivity contribution in [3.05, 3.63) is 33.8 Å². The number of hydrogen-bond acceptors (Lipinski definition) is 1. The fraction of sp³-hybridized carbons (Fsp3) is 0.533. The molecule has 2 nitrogen and oxygen atoms in total. The summed E-state index contributed by atoms with van der Waals surface area (Å²) in [7, 11) is 0. The second kappa shape index (κ2) is 6.89. The minimum atomic E-state index is 0.0147. The van der Waals surface area contributed by atoms with Gasteiger partial charge in [-0.2, -0.15) is 0 Å². The molecule has 19 heavy (non-hydrogen) atoms. The highest BCUT2D eigenvalue weighted by Gasteiger charge is 2.23. The fourth-order valence-corrected chi connectivity index (χ4v) is 3.73. The van der Waals surface area contributed by atoms with Crippen molar-refractivity contribution in [2.24, 2.45) is 5.92 Å². The Hall–Kier alpha value is -0.350. The summed E-state index contributed by atoms with van der Waals surface area (Å²) in [4.78, 5) is 12.8. The zero-order valence-electron chi connectivity index (χ0n) is 11.1. The van der Waals surface area contributed by atoms with Crippen LogP contribution in [0.15, 0.2) is 22.7 Å². The van der Waals surface area contributed by atoms with Crippen molar-refractivity contribution in [3.8, 4) is 0 Å². The van der Waals surface area contributed by atoms with Crippen molar-refractivity contribution in [2.75, 3.05) is 6.54 Å². The molecular formula is C15H19Br2NO. The van der Waals surface area contributed by atoms with Crippen LogP contribution in [0.2, 0.25) is 0 Å². The molecule has 0 spiro atoms. The van der Waals surface area contributed by atoms with Gasteiger partial charge in [-0.15, -0.1) is 0 Å². The average Bonchev–Trinajstić information content (AvgIpc) is 2.40. The van der Waals surface area contributed by atoms with Crippen LogP contribution in [0.4, 0.5) is 0 Å². The van der Waals surface area contributed by atoms with Crippen LogP contribution in [-0.4, -0.2) is 17.3 Å². The number of nitrogens with one attached hydrogen (secondary N) is 1. The predicted molar refractivity (Wildman–Crippen MR) is 85.9 cm³/mol. The largest absolute Gasteiger partial charge is 0.352 e. The molecule has 1 aromatic carbocycles. The summed E-state index contributed by atoms with van der Waals surface area (Å²) in [5.41, 5.74) is 1.83. The van der Waals surface area contributed by atoms with Crippen LogP contribution in [0.1, 0.15) is 41.6 Å². The van der Waals surface area contributed by atoms with Gasteiger partial charge in [-0.25, -0.2) is 0 Å². The van der Waals surface area contributed by atoms with E-state index in [9.17, 15) is 4.79 Å². The van der Waals surface area contributed by atoms with Gasteiger partial charge in [-0.3, -0.25) is 4.79 Å². The first kappa shape index (κ1) is 15.0. The third-order valence-corrected chi connectivity index (χ3v) is 5.60. The first-order valence-corrected chi connectivity index (χ1v) is 8.47. The van der Waals surface area contributed by atoms with E-state index in [0.29, 0.717) is 10.7 Å². The predicted octanol–water partition coefficient (Wildman–Crippen LogP) is 4.44. The van der Waals surface area contributed by atoms with Crippen molar-refractivity contribution in [1.29, 1.82) is 0 Å². The summed E-state index contributed by atoms with van der Waals surface area (Å²) in [5.74, 6) is 0.571. The molecule has 1 aromatic rings. The second-order valence-corrected chi connectivity index (χ2v) is 7.28. The van der Waals surface area contributed by atoms with Gasteiger partial charge in [0.25, 0.3) is 5.91 Å². The van der Waals surface area contributed by atoms with Crippen LogP contribution in [-0.2, 0) is 0 Å². The normalized spacial score (nSPS) is 23.1. The maximum Gasteiger partial charge on any atom is 0.252 e. The molecule has 104 valence electrons. The van der Waals surface area contributed by atoms with Crippen LogP contribution in [0.25, 0.3) is 0 Å². The Balaban J connectivity index is 1.95. The number of carbonyl (C=O) groups is 1. The molecule has 1 fully saturated rings. The lowest BCUT2D eigenvalue weighted by Crippen LogP contribution is -2.34. The zero-order valence-corrected chi connectivity index (χ0v) is 14.3. The molecule has 2 rings (SSSR count). The van der Waals surface area contributed by atoms with E-state index in [1.807, 2.05) is 25.1 Å². The Morgan fingerprint density at radius 3 is 2.84 bits per heavy atom. The topological polar surface area (TPSA) is 29.1 Å². The van der Waals surface area contributed by atoms with Crippen molar-refractivity contribution in [1.82, 2.24) is 5.32 Å². The van der Waals surface area contributed by atoms with E-state index in [0.717, 1.165) is 22.1 Å². The Bertz CT molecular complexity index is 461. The minimum absolute atomic E-state index is 0.0147. The standard InChI is InChI=1S/C15H19Br2NO/c1-10-6-7-14(17)12(8-10)15(19)18-9-11-4-2-3-5-13(11)16/h6-8,11,13H,2-5,9H2,1H3,(H,18,19). The number of carbonyl (C=O) groups excluding carboxylic acids is 1. The summed E-state index contributed by atoms with van der Waals surface area (Å²) in [6.07, 6.45) is 4.99. The number of alkyl halides is 1. The molecule has 2 atom stereocenters. The summed E-state index contributed by atoms with van der Waals surface area (Å²) in [6.45, 7) is 2.76. The Kier molecular flexibility index (Phi) is 5.46. The van der Waals surface area contributed by atoms with Crippen molar-refractivity contribution >= 4 is 37.8 Å². The van der Waals surface area contributed by atoms with Crippen LogP contribution in [0, 0.1) is 12.8 Å². The summed E-state index contributed by atoms with van der Waals surface area (Å²) < 4.78 is 0.856. The van der Waals surface area contributed by atoms with Gasteiger partial charge in [0.15, 0.2) is 0 Å². The lowest BCUT2D eigenvalue weighted by Gasteiger charge is -2.27. The van der Waals surface area contributed by atoms with Gasteiger partial charge in [0.2, 0.25) is 0 Å². The number of benzene rings is 1. The molecule has 0 radical (unpaired) electrons. The zero-order chi connectivity index (χ0) is 13.8. The lowest BCUT2D eigenvalue weighted by molar-refractivity contribution is 0.0943. The molecule has 1 amide bonds. The summed E-state index contributed by atoms with van der Waals surface area (Å²) in [6, 6.07) is 5.85. The molecule has 1 N–H and O–H groups in total. The molecule has 1 aliphatic carbocycles. The monoisotopic (exact) mass is 387 g/mol. The van der Waals surface area contributed by atoms with Gasteiger partial charge in [-0.1, -0.05) is 40.4 Å². The van der Waals surface area contributed by atoms with Crippen LogP contribution in [0.3, 0.4) is 0 Å². The van der Waals surface area contributed by atoms with E-state index in [-0.39, 0.29) is 5.91 Å². The van der Waals surface area contributed by atoms with Crippen molar-refractivity contribution < 1.29 is 4.79 Å². The Morgan fingerprint density at radius 1 is 1.37 bits per heavy atom. The molecule has 1 saturated carbocycles. The van der Waals surface area contributed by atoms with E-state index < -0.39 is 0 Å². The van der Waals surface area contributed by atoms with E-state index in [4.69, 9.17) is 0 Å². The number of rotatable bonds is 3. The number of amides is 1. The molecule has 0 aromatic heterocycles. The highest BCUT2D eigenvalue weighted by molar-refractivity contribution is 9.10. The summed E-state index contributed by atoms with van der Waals surface area (Å²) in [5, 5.41) is 3.07. The second-order valence-electron chi connectivity index (χ2n) is 5.25. The highest BCUT2D eigenvalue weighted by atomic mass is 79.9. The molecule has 0 aliphatic heterocycles. The fourth-order valence-electron chi connectivity index (χ4n) is 2.52. The van der Waals surface area contributed by atoms with Crippen LogP contribution in [0.5, 0.6) is 0 Å². The van der Waals surface area contributed by atoms with Crippen molar-refractivity contribution in [3.63, 3.8) is 0 Å². The molecule has 4 heteroatoms. The third-order valence-electron chi connectivity index (χ3n) is 3.71. The van der Waals surface area contributed by atoms with E-state index >= 15 is 0 Å². The van der Waals surface area contributed by atoms with Gasteiger partial charge in [-0.05, 0) is 53.7 Å². The number of aryl methyl sites for hydroxylation is 1. The summed E-state index contributed by atoms with van der Waals surface area (Å²) >= 11 is 7.17. The third kappa shape index (κ3) is 4.06. The van der Waals surface area contributed by atoms with Crippen LogP contribution >= 0.6 is 31.9 Å². The quantitative estimate of drug-likeness (QED) is 0.762. The molecular weight excluding hydrogens is 370 g/mol. The molecule has 1 aliphatic rings. The van der Waals surface area contributed by atoms with E-state index in [2.05, 4.69) is 37.2 Å². The van der Waals surface area contributed by atoms with E-state index in [1.54, 1.807) is 0 Å². The van der Waals surface area contributed by atoms with Gasteiger partial charge in [0.1, 0.15) is 0 Å². The van der Waals surface area contributed by atoms with Gasteiger partial charge >= 0.3 is 0 Å². The SMILES string of the molecule is Cc1ccc(Br)c(C(=O)NCC2CCCCC2Br)c1. The Morgan fingerprint density at radius 2 is 2.11 bits per heavy atom. The molecule has 0 bridgehead atoms. The smallest absolute Gasteiger partial charge is 0.252 e. The molecule has 2 unspecified atom stereocenters. The number of hydrogen-bond donors (Lipinski definition) is 1. The van der Waals surface area contributed by atoms with Gasteiger partial charge in [0.05, 0.1) is 5.56 Å². The van der Waals surface area contributed by atoms with E-state index in [1.165, 1.54) is 25.7 Å². The lowest BCUT2D eigenvalue weighted by atomic mass is 9.89. The van der Waals surface area contributed by atoms with Gasteiger partial charge < -0.3 is 5.32 Å². The Labute approximate surface area is 131 Å². The minimum Gasteiger partial charge on any atom is -0.352 e. The molecule has 0 saturated heterocycles. The number of halogens is 2. The highest BCUT2D eigenvalue weighted by Crippen LogP contribution is 2.29. The maximum atomic E-state index is 12.2. The van der Waals surface area contributed by atoms with Gasteiger partial charge in [0, 0.05) is 15.8 Å².